The fraction of sp³-hybridized carbons (Fsp3) is 0.867. The van der Waals surface area contributed by atoms with Gasteiger partial charge >= 0.3 is 0 Å². The first-order chi connectivity index (χ1) is 7.38. The molecule has 1 saturated carbocycles. The second kappa shape index (κ2) is 3.87. The number of aliphatic hydroxyl groups is 1. The van der Waals surface area contributed by atoms with E-state index in [4.69, 9.17) is 0 Å². The molecule has 0 unspecified atom stereocenters. The first-order valence-corrected chi connectivity index (χ1v) is 6.80. The zero-order valence-electron chi connectivity index (χ0n) is 11.2. The van der Waals surface area contributed by atoms with Gasteiger partial charge in [0.1, 0.15) is 0 Å². The molecule has 2 aliphatic carbocycles. The maximum Gasteiger partial charge on any atom is 0.0682 e. The molecule has 0 aliphatic heterocycles. The Morgan fingerprint density at radius 3 is 2.75 bits per heavy atom. The molecule has 0 aromatic carbocycles. The lowest BCUT2D eigenvalue weighted by atomic mass is 9.55. The molecule has 0 bridgehead atoms. The van der Waals surface area contributed by atoms with Crippen LogP contribution in [0.5, 0.6) is 0 Å². The van der Waals surface area contributed by atoms with Gasteiger partial charge in [-0.1, -0.05) is 39.3 Å². The predicted molar refractivity (Wildman–Crippen MR) is 68.2 cm³/mol. The van der Waals surface area contributed by atoms with E-state index in [-0.39, 0.29) is 5.41 Å². The Balaban J connectivity index is 2.29. The first-order valence-electron chi connectivity index (χ1n) is 6.80. The number of rotatable bonds is 1. The highest BCUT2D eigenvalue weighted by molar-refractivity contribution is 5.23. The Kier molecular flexibility index (Phi) is 2.94. The SMILES string of the molecule is CC(C)[C@]1(O)CCC2=CCC[C@@H](C)[C@]2(C)C1. The van der Waals surface area contributed by atoms with Gasteiger partial charge in [-0.15, -0.1) is 0 Å². The largest absolute Gasteiger partial charge is 0.390 e. The number of hydrogen-bond donors (Lipinski definition) is 1. The predicted octanol–water partition coefficient (Wildman–Crippen LogP) is 3.92. The summed E-state index contributed by atoms with van der Waals surface area (Å²) >= 11 is 0. The molecule has 0 spiro atoms. The first kappa shape index (κ1) is 12.2. The van der Waals surface area contributed by atoms with E-state index in [1.165, 1.54) is 12.8 Å². The van der Waals surface area contributed by atoms with Gasteiger partial charge in [0.2, 0.25) is 0 Å². The van der Waals surface area contributed by atoms with Crippen LogP contribution in [-0.4, -0.2) is 10.7 Å². The minimum absolute atomic E-state index is 0.259. The average Bonchev–Trinajstić information content (AvgIpc) is 2.20. The molecular weight excluding hydrogens is 196 g/mol. The van der Waals surface area contributed by atoms with Gasteiger partial charge in [0.15, 0.2) is 0 Å². The molecular formula is C15H26O. The lowest BCUT2D eigenvalue weighted by molar-refractivity contribution is -0.0734. The van der Waals surface area contributed by atoms with Gasteiger partial charge in [-0.3, -0.25) is 0 Å². The maximum absolute atomic E-state index is 10.7. The highest BCUT2D eigenvalue weighted by Gasteiger charge is 2.48. The second-order valence-corrected chi connectivity index (χ2v) is 6.56. The van der Waals surface area contributed by atoms with Crippen molar-refractivity contribution in [1.29, 1.82) is 0 Å². The zero-order chi connectivity index (χ0) is 12.0. The van der Waals surface area contributed by atoms with E-state index in [1.807, 2.05) is 0 Å². The maximum atomic E-state index is 10.7. The Labute approximate surface area is 99.9 Å². The highest BCUT2D eigenvalue weighted by atomic mass is 16.3. The van der Waals surface area contributed by atoms with Gasteiger partial charge in [0.05, 0.1) is 5.60 Å². The van der Waals surface area contributed by atoms with Crippen molar-refractivity contribution in [2.24, 2.45) is 17.3 Å². The minimum Gasteiger partial charge on any atom is -0.390 e. The summed E-state index contributed by atoms with van der Waals surface area (Å²) in [4.78, 5) is 0. The fourth-order valence-corrected chi connectivity index (χ4v) is 3.62. The molecule has 92 valence electrons. The van der Waals surface area contributed by atoms with Crippen molar-refractivity contribution in [3.63, 3.8) is 0 Å². The molecule has 1 nitrogen and oxygen atoms in total. The molecule has 0 saturated heterocycles. The monoisotopic (exact) mass is 222 g/mol. The van der Waals surface area contributed by atoms with Gasteiger partial charge in [-0.2, -0.15) is 0 Å². The average molecular weight is 222 g/mol. The summed E-state index contributed by atoms with van der Waals surface area (Å²) in [7, 11) is 0. The Hall–Kier alpha value is -0.300. The van der Waals surface area contributed by atoms with Crippen molar-refractivity contribution in [2.45, 2.75) is 65.4 Å². The topological polar surface area (TPSA) is 20.2 Å². The van der Waals surface area contributed by atoms with Crippen LogP contribution in [0.2, 0.25) is 0 Å². The summed E-state index contributed by atoms with van der Waals surface area (Å²) < 4.78 is 0. The van der Waals surface area contributed by atoms with Crippen molar-refractivity contribution in [3.8, 4) is 0 Å². The summed E-state index contributed by atoms with van der Waals surface area (Å²) in [5.74, 6) is 1.10. The molecule has 0 aromatic heterocycles. The summed E-state index contributed by atoms with van der Waals surface area (Å²) in [5.41, 5.74) is 1.45. The van der Waals surface area contributed by atoms with E-state index in [2.05, 4.69) is 33.8 Å². The van der Waals surface area contributed by atoms with Crippen LogP contribution in [0.3, 0.4) is 0 Å². The van der Waals surface area contributed by atoms with Crippen LogP contribution in [0.1, 0.15) is 59.8 Å². The Morgan fingerprint density at radius 1 is 1.44 bits per heavy atom. The number of fused-ring (bicyclic) bond motifs is 1. The fourth-order valence-electron chi connectivity index (χ4n) is 3.62. The number of hydrogen-bond acceptors (Lipinski definition) is 1. The van der Waals surface area contributed by atoms with Gasteiger partial charge in [0.25, 0.3) is 0 Å². The van der Waals surface area contributed by atoms with Crippen LogP contribution >= 0.6 is 0 Å². The van der Waals surface area contributed by atoms with Crippen molar-refractivity contribution < 1.29 is 5.11 Å². The summed E-state index contributed by atoms with van der Waals surface area (Å²) in [6.45, 7) is 9.05. The third kappa shape index (κ3) is 1.73. The van der Waals surface area contributed by atoms with Crippen molar-refractivity contribution >= 4 is 0 Å². The third-order valence-corrected chi connectivity index (χ3v) is 5.39. The van der Waals surface area contributed by atoms with E-state index < -0.39 is 5.60 Å². The van der Waals surface area contributed by atoms with E-state index in [0.29, 0.717) is 5.92 Å². The standard InChI is InChI=1S/C15H26O/c1-11(2)15(16)9-8-13-7-5-6-12(3)14(13,4)10-15/h7,11-12,16H,5-6,8-10H2,1-4H3/t12-,14+,15+/m1/s1. The van der Waals surface area contributed by atoms with Crippen molar-refractivity contribution in [3.05, 3.63) is 11.6 Å². The molecule has 1 fully saturated rings. The van der Waals surface area contributed by atoms with Crippen LogP contribution < -0.4 is 0 Å². The van der Waals surface area contributed by atoms with E-state index in [9.17, 15) is 5.11 Å². The molecule has 0 amide bonds. The summed E-state index contributed by atoms with van der Waals surface area (Å²) in [6.07, 6.45) is 8.00. The van der Waals surface area contributed by atoms with E-state index in [0.717, 1.165) is 25.2 Å². The Morgan fingerprint density at radius 2 is 2.12 bits per heavy atom. The number of allylic oxidation sites excluding steroid dienone is 2. The molecule has 0 heterocycles. The second-order valence-electron chi connectivity index (χ2n) is 6.56. The highest BCUT2D eigenvalue weighted by Crippen LogP contribution is 2.54. The minimum atomic E-state index is -0.433. The molecule has 1 N–H and O–H groups in total. The summed E-state index contributed by atoms with van der Waals surface area (Å²) in [5, 5.41) is 10.7. The molecule has 1 heteroatoms. The van der Waals surface area contributed by atoms with Crippen LogP contribution in [-0.2, 0) is 0 Å². The zero-order valence-corrected chi connectivity index (χ0v) is 11.2. The normalized spacial score (nSPS) is 44.1. The molecule has 16 heavy (non-hydrogen) atoms. The van der Waals surface area contributed by atoms with Crippen molar-refractivity contribution in [2.75, 3.05) is 0 Å². The van der Waals surface area contributed by atoms with Crippen molar-refractivity contribution in [1.82, 2.24) is 0 Å². The third-order valence-electron chi connectivity index (χ3n) is 5.39. The van der Waals surface area contributed by atoms with Gasteiger partial charge < -0.3 is 5.11 Å². The van der Waals surface area contributed by atoms with Crippen LogP contribution in [0.4, 0.5) is 0 Å². The lowest BCUT2D eigenvalue weighted by Gasteiger charge is -2.52. The Bertz CT molecular complexity index is 305. The van der Waals surface area contributed by atoms with Crippen LogP contribution in [0.15, 0.2) is 11.6 Å². The smallest absolute Gasteiger partial charge is 0.0682 e. The van der Waals surface area contributed by atoms with E-state index in [1.54, 1.807) is 5.57 Å². The molecule has 0 radical (unpaired) electrons. The van der Waals surface area contributed by atoms with Crippen LogP contribution in [0.25, 0.3) is 0 Å². The molecule has 0 aromatic rings. The van der Waals surface area contributed by atoms with Gasteiger partial charge in [0, 0.05) is 0 Å². The molecule has 2 rings (SSSR count). The van der Waals surface area contributed by atoms with Crippen LogP contribution in [0, 0.1) is 17.3 Å². The lowest BCUT2D eigenvalue weighted by Crippen LogP contribution is -2.48. The molecule has 2 aliphatic rings. The van der Waals surface area contributed by atoms with E-state index >= 15 is 0 Å². The molecule has 3 atom stereocenters. The van der Waals surface area contributed by atoms with Gasteiger partial charge in [-0.25, -0.2) is 0 Å². The quantitative estimate of drug-likeness (QED) is 0.667. The van der Waals surface area contributed by atoms with Gasteiger partial charge in [-0.05, 0) is 49.4 Å². The summed E-state index contributed by atoms with van der Waals surface area (Å²) in [6, 6.07) is 0.